The third-order valence-electron chi connectivity index (χ3n) is 3.73. The number of carbonyl (C=O) groups is 1. The van der Waals surface area contributed by atoms with Gasteiger partial charge in [-0.1, -0.05) is 28.1 Å². The maximum Gasteiger partial charge on any atom is 0.225 e. The molecular weight excluding hydrogens is 400 g/mol. The molecule has 0 heterocycles. The third kappa shape index (κ3) is 6.38. The smallest absolute Gasteiger partial charge is 0.225 e. The van der Waals surface area contributed by atoms with E-state index in [9.17, 15) is 4.79 Å². The van der Waals surface area contributed by atoms with Gasteiger partial charge < -0.3 is 15.0 Å². The lowest BCUT2D eigenvalue weighted by Gasteiger charge is -2.17. The van der Waals surface area contributed by atoms with Crippen molar-refractivity contribution in [3.05, 3.63) is 52.5 Å². The topological polar surface area (TPSA) is 41.6 Å². The zero-order valence-corrected chi connectivity index (χ0v) is 17.1. The summed E-state index contributed by atoms with van der Waals surface area (Å²) in [5.41, 5.74) is 1.98. The minimum atomic E-state index is 0.0141. The summed E-state index contributed by atoms with van der Waals surface area (Å²) >= 11 is 5.07. The average Bonchev–Trinajstić information content (AvgIpc) is 2.60. The number of halogens is 1. The molecule has 6 heteroatoms. The summed E-state index contributed by atoms with van der Waals surface area (Å²) in [6.45, 7) is 1.46. The Balaban J connectivity index is 1.84. The Kier molecular flexibility index (Phi) is 7.81. The highest BCUT2D eigenvalue weighted by atomic mass is 79.9. The number of thioether (sulfide) groups is 1. The molecule has 0 aliphatic heterocycles. The van der Waals surface area contributed by atoms with Crippen LogP contribution in [0.3, 0.4) is 0 Å². The van der Waals surface area contributed by atoms with Gasteiger partial charge >= 0.3 is 0 Å². The zero-order valence-electron chi connectivity index (χ0n) is 14.7. The molecule has 0 bridgehead atoms. The van der Waals surface area contributed by atoms with Gasteiger partial charge in [-0.15, -0.1) is 11.8 Å². The van der Waals surface area contributed by atoms with Crippen molar-refractivity contribution in [3.8, 4) is 5.75 Å². The van der Waals surface area contributed by atoms with E-state index in [1.54, 1.807) is 18.9 Å². The molecular formula is C19H23BrN2O2S. The van der Waals surface area contributed by atoms with Gasteiger partial charge in [0.1, 0.15) is 5.75 Å². The van der Waals surface area contributed by atoms with E-state index in [1.807, 2.05) is 37.6 Å². The Morgan fingerprint density at radius 3 is 2.76 bits per heavy atom. The number of nitrogens with zero attached hydrogens (tertiary/aromatic N) is 1. The maximum atomic E-state index is 12.1. The number of ether oxygens (including phenoxy) is 1. The molecule has 0 saturated carbocycles. The Morgan fingerprint density at radius 1 is 1.28 bits per heavy atom. The molecule has 25 heavy (non-hydrogen) atoms. The monoisotopic (exact) mass is 422 g/mol. The molecule has 0 aliphatic rings. The third-order valence-corrected chi connectivity index (χ3v) is 5.00. The van der Waals surface area contributed by atoms with Gasteiger partial charge in [0, 0.05) is 34.6 Å². The van der Waals surface area contributed by atoms with Crippen LogP contribution in [0.25, 0.3) is 0 Å². The van der Waals surface area contributed by atoms with Gasteiger partial charge in [-0.05, 0) is 49.2 Å². The number of hydrogen-bond donors (Lipinski definition) is 1. The highest BCUT2D eigenvalue weighted by Crippen LogP contribution is 2.28. The predicted molar refractivity (Wildman–Crippen MR) is 108 cm³/mol. The van der Waals surface area contributed by atoms with Crippen LogP contribution >= 0.6 is 27.7 Å². The van der Waals surface area contributed by atoms with Crippen molar-refractivity contribution in [1.29, 1.82) is 0 Å². The van der Waals surface area contributed by atoms with Crippen molar-refractivity contribution in [2.45, 2.75) is 17.9 Å². The number of benzene rings is 2. The van der Waals surface area contributed by atoms with Gasteiger partial charge in [-0.2, -0.15) is 0 Å². The average molecular weight is 423 g/mol. The lowest BCUT2D eigenvalue weighted by atomic mass is 10.2. The number of nitrogens with one attached hydrogen (secondary N) is 1. The van der Waals surface area contributed by atoms with Crippen LogP contribution in [-0.4, -0.2) is 37.8 Å². The molecule has 2 rings (SSSR count). The number of rotatable bonds is 8. The van der Waals surface area contributed by atoms with E-state index in [1.165, 1.54) is 5.56 Å². The van der Waals surface area contributed by atoms with Crippen molar-refractivity contribution >= 4 is 39.3 Å². The van der Waals surface area contributed by atoms with Crippen LogP contribution in [0.1, 0.15) is 12.0 Å². The SMILES string of the molecule is COc1cc(CN(C)CCC(=O)Nc2cccc(Br)c2)ccc1SC. The van der Waals surface area contributed by atoms with Crippen molar-refractivity contribution in [2.24, 2.45) is 0 Å². The van der Waals surface area contributed by atoms with Crippen molar-refractivity contribution in [1.82, 2.24) is 4.90 Å². The lowest BCUT2D eigenvalue weighted by molar-refractivity contribution is -0.116. The first-order chi connectivity index (χ1) is 12.0. The van der Waals surface area contributed by atoms with Gasteiger partial charge in [0.2, 0.25) is 5.91 Å². The number of methoxy groups -OCH3 is 1. The molecule has 0 saturated heterocycles. The Bertz CT molecular complexity index is 724. The first kappa shape index (κ1) is 19.8. The number of hydrogen-bond acceptors (Lipinski definition) is 4. The van der Waals surface area contributed by atoms with Crippen LogP contribution in [0, 0.1) is 0 Å². The fraction of sp³-hybridized carbons (Fsp3) is 0.316. The van der Waals surface area contributed by atoms with Crippen LogP contribution in [-0.2, 0) is 11.3 Å². The van der Waals surface area contributed by atoms with E-state index in [-0.39, 0.29) is 5.91 Å². The first-order valence-electron chi connectivity index (χ1n) is 7.96. The fourth-order valence-corrected chi connectivity index (χ4v) is 3.40. The van der Waals surface area contributed by atoms with E-state index in [0.717, 1.165) is 27.3 Å². The van der Waals surface area contributed by atoms with Crippen molar-refractivity contribution in [3.63, 3.8) is 0 Å². The van der Waals surface area contributed by atoms with Gasteiger partial charge in [0.05, 0.1) is 7.11 Å². The van der Waals surface area contributed by atoms with Gasteiger partial charge in [-0.25, -0.2) is 0 Å². The molecule has 0 unspecified atom stereocenters. The second-order valence-electron chi connectivity index (χ2n) is 5.74. The molecule has 1 amide bonds. The van der Waals surface area contributed by atoms with Crippen LogP contribution in [0.2, 0.25) is 0 Å². The molecule has 2 aromatic rings. The molecule has 0 atom stereocenters. The summed E-state index contributed by atoms with van der Waals surface area (Å²) in [6, 6.07) is 13.8. The van der Waals surface area contributed by atoms with Crippen LogP contribution in [0.5, 0.6) is 5.75 Å². The van der Waals surface area contributed by atoms with E-state index < -0.39 is 0 Å². The largest absolute Gasteiger partial charge is 0.496 e. The number of amides is 1. The molecule has 0 fully saturated rings. The second kappa shape index (κ2) is 9.85. The molecule has 134 valence electrons. The Labute approximate surface area is 162 Å². The zero-order chi connectivity index (χ0) is 18.2. The summed E-state index contributed by atoms with van der Waals surface area (Å²) in [6.07, 6.45) is 2.48. The normalized spacial score (nSPS) is 10.8. The van der Waals surface area contributed by atoms with E-state index in [4.69, 9.17) is 4.74 Å². The highest BCUT2D eigenvalue weighted by Gasteiger charge is 2.08. The standard InChI is InChI=1S/C19H23BrN2O2S/c1-22(13-14-7-8-18(25-3)17(11-14)24-2)10-9-19(23)21-16-6-4-5-15(20)12-16/h4-8,11-12H,9-10,13H2,1-3H3,(H,21,23). The lowest BCUT2D eigenvalue weighted by Crippen LogP contribution is -2.24. The summed E-state index contributed by atoms with van der Waals surface area (Å²) in [5.74, 6) is 0.908. The molecule has 0 aromatic heterocycles. The van der Waals surface area contributed by atoms with Crippen molar-refractivity contribution < 1.29 is 9.53 Å². The van der Waals surface area contributed by atoms with Gasteiger partial charge in [0.25, 0.3) is 0 Å². The summed E-state index contributed by atoms with van der Waals surface area (Å²) in [7, 11) is 3.70. The second-order valence-corrected chi connectivity index (χ2v) is 7.50. The van der Waals surface area contributed by atoms with Crippen molar-refractivity contribution in [2.75, 3.05) is 32.3 Å². The highest BCUT2D eigenvalue weighted by molar-refractivity contribution is 9.10. The maximum absolute atomic E-state index is 12.1. The molecule has 1 N–H and O–H groups in total. The Hall–Kier alpha value is -1.50. The van der Waals surface area contributed by atoms with E-state index in [0.29, 0.717) is 13.0 Å². The van der Waals surface area contributed by atoms with E-state index >= 15 is 0 Å². The van der Waals surface area contributed by atoms with Crippen LogP contribution < -0.4 is 10.1 Å². The molecule has 0 spiro atoms. The molecule has 0 radical (unpaired) electrons. The Morgan fingerprint density at radius 2 is 2.08 bits per heavy atom. The molecule has 2 aromatic carbocycles. The minimum Gasteiger partial charge on any atom is -0.496 e. The molecule has 0 aliphatic carbocycles. The number of carbonyl (C=O) groups excluding carboxylic acids is 1. The minimum absolute atomic E-state index is 0.0141. The summed E-state index contributed by atoms with van der Waals surface area (Å²) in [5, 5.41) is 2.92. The van der Waals surface area contributed by atoms with Gasteiger partial charge in [0.15, 0.2) is 0 Å². The quantitative estimate of drug-likeness (QED) is 0.629. The predicted octanol–water partition coefficient (Wildman–Crippen LogP) is 4.64. The van der Waals surface area contributed by atoms with Gasteiger partial charge in [-0.3, -0.25) is 4.79 Å². The van der Waals surface area contributed by atoms with Crippen LogP contribution in [0.4, 0.5) is 5.69 Å². The van der Waals surface area contributed by atoms with Crippen LogP contribution in [0.15, 0.2) is 51.8 Å². The van der Waals surface area contributed by atoms with E-state index in [2.05, 4.69) is 44.3 Å². The first-order valence-corrected chi connectivity index (χ1v) is 9.98. The summed E-state index contributed by atoms with van der Waals surface area (Å²) in [4.78, 5) is 15.3. The fourth-order valence-electron chi connectivity index (χ4n) is 2.45. The number of anilines is 1. The molecule has 4 nitrogen and oxygen atoms in total. The summed E-state index contributed by atoms with van der Waals surface area (Å²) < 4.78 is 6.37.